The van der Waals surface area contributed by atoms with Crippen LogP contribution in [0.2, 0.25) is 10.0 Å². The van der Waals surface area contributed by atoms with Crippen molar-refractivity contribution in [2.24, 2.45) is 0 Å². The molecule has 0 radical (unpaired) electrons. The highest BCUT2D eigenvalue weighted by Gasteiger charge is 2.38. The van der Waals surface area contributed by atoms with Crippen LogP contribution in [0.3, 0.4) is 0 Å². The minimum Gasteiger partial charge on any atom is -0.368 e. The summed E-state index contributed by atoms with van der Waals surface area (Å²) >= 11 is 13.8. The summed E-state index contributed by atoms with van der Waals surface area (Å²) in [6.45, 7) is 3.58. The lowest BCUT2D eigenvalue weighted by Gasteiger charge is -2.38. The molecular formula is C23H25Cl2N5O3S2. The smallest absolute Gasteiger partial charge is 0.263 e. The molecule has 0 unspecified atom stereocenters. The molecule has 2 aliphatic heterocycles. The number of amides is 1. The van der Waals surface area contributed by atoms with Crippen LogP contribution in [-0.2, 0) is 14.8 Å². The summed E-state index contributed by atoms with van der Waals surface area (Å²) in [6.07, 6.45) is 2.26. The second-order valence-corrected chi connectivity index (χ2v) is 11.7. The minimum absolute atomic E-state index is 0. The van der Waals surface area contributed by atoms with Crippen LogP contribution in [0.1, 0.15) is 7.85 Å². The van der Waals surface area contributed by atoms with Crippen molar-refractivity contribution in [1.82, 2.24) is 9.88 Å². The summed E-state index contributed by atoms with van der Waals surface area (Å²) in [4.78, 5) is 23.5. The van der Waals surface area contributed by atoms with Crippen LogP contribution in [0.5, 0.6) is 0 Å². The van der Waals surface area contributed by atoms with Crippen molar-refractivity contribution in [3.63, 3.8) is 0 Å². The van der Waals surface area contributed by atoms with Crippen LogP contribution in [0.25, 0.3) is 0 Å². The zero-order valence-electron chi connectivity index (χ0n) is 18.6. The first-order valence-corrected chi connectivity index (χ1v) is 14.2. The zero-order chi connectivity index (χ0) is 24.6. The van der Waals surface area contributed by atoms with Gasteiger partial charge in [0.15, 0.2) is 5.13 Å². The summed E-state index contributed by atoms with van der Waals surface area (Å²) in [5.41, 5.74) is 1.60. The van der Waals surface area contributed by atoms with Gasteiger partial charge in [-0.3, -0.25) is 14.4 Å². The van der Waals surface area contributed by atoms with Gasteiger partial charge in [0.25, 0.3) is 10.0 Å². The Morgan fingerprint density at radius 2 is 1.77 bits per heavy atom. The average molecular weight is 555 g/mol. The molecule has 0 aliphatic carbocycles. The standard InChI is InChI=1S/C23H23Cl2N5O3S2.H2/c24-18-2-1-3-19(21(18)25)28-11-13-29(14-12-28)20-8-10-30(22(20)31)16-4-6-17(7-5-16)35(32,33)27-23-26-9-15-34-23;/h1-7,9,15,20H,8,10-14H2,(H,26,27);1H/t20-;/m0./s1. The molecule has 1 atom stereocenters. The third-order valence-corrected chi connectivity index (χ3v) is 9.30. The molecule has 8 nitrogen and oxygen atoms in total. The number of hydrogen-bond acceptors (Lipinski definition) is 7. The summed E-state index contributed by atoms with van der Waals surface area (Å²) < 4.78 is 27.6. The number of halogens is 2. The maximum absolute atomic E-state index is 13.2. The van der Waals surface area contributed by atoms with Crippen LogP contribution in [0.15, 0.2) is 58.9 Å². The number of benzene rings is 2. The van der Waals surface area contributed by atoms with Crippen molar-refractivity contribution >= 4 is 67.0 Å². The normalized spacial score (nSPS) is 19.4. The Hall–Kier alpha value is -2.37. The summed E-state index contributed by atoms with van der Waals surface area (Å²) in [5, 5.41) is 3.09. The van der Waals surface area contributed by atoms with E-state index in [0.717, 1.165) is 38.3 Å². The van der Waals surface area contributed by atoms with E-state index in [-0.39, 0.29) is 18.3 Å². The lowest BCUT2D eigenvalue weighted by atomic mass is 10.1. The SMILES string of the molecule is O=C1[C@@H](N2CCN(c3cccc(Cl)c3Cl)CC2)CCN1c1ccc(S(=O)(=O)Nc2nccs2)cc1.[HH]. The van der Waals surface area contributed by atoms with Crippen molar-refractivity contribution in [3.8, 4) is 0 Å². The van der Waals surface area contributed by atoms with E-state index in [4.69, 9.17) is 23.2 Å². The van der Waals surface area contributed by atoms with Crippen molar-refractivity contribution in [2.75, 3.05) is 47.2 Å². The number of nitrogens with one attached hydrogen (secondary N) is 1. The maximum Gasteiger partial charge on any atom is 0.263 e. The van der Waals surface area contributed by atoms with Gasteiger partial charge in [0.05, 0.1) is 26.7 Å². The molecule has 1 N–H and O–H groups in total. The molecule has 2 aliphatic rings. The highest BCUT2D eigenvalue weighted by atomic mass is 35.5. The highest BCUT2D eigenvalue weighted by Crippen LogP contribution is 2.34. The third kappa shape index (κ3) is 4.99. The van der Waals surface area contributed by atoms with E-state index >= 15 is 0 Å². The monoisotopic (exact) mass is 553 g/mol. The predicted molar refractivity (Wildman–Crippen MR) is 142 cm³/mol. The molecule has 35 heavy (non-hydrogen) atoms. The average Bonchev–Trinajstić information content (AvgIpc) is 3.50. The van der Waals surface area contributed by atoms with E-state index < -0.39 is 10.0 Å². The quantitative estimate of drug-likeness (QED) is 0.486. The first-order valence-electron chi connectivity index (χ1n) is 11.1. The van der Waals surface area contributed by atoms with Gasteiger partial charge in [-0.2, -0.15) is 0 Å². The number of piperazine rings is 1. The van der Waals surface area contributed by atoms with Crippen LogP contribution < -0.4 is 14.5 Å². The maximum atomic E-state index is 13.2. The second-order valence-electron chi connectivity index (χ2n) is 8.33. The topological polar surface area (TPSA) is 85.9 Å². The van der Waals surface area contributed by atoms with Gasteiger partial charge in [0, 0.05) is 51.4 Å². The van der Waals surface area contributed by atoms with E-state index in [2.05, 4.69) is 19.5 Å². The van der Waals surface area contributed by atoms with Gasteiger partial charge in [-0.1, -0.05) is 29.3 Å². The molecule has 186 valence electrons. The van der Waals surface area contributed by atoms with Crippen LogP contribution in [0.4, 0.5) is 16.5 Å². The number of thiazole rings is 1. The fourth-order valence-corrected chi connectivity index (χ4v) is 6.73. The van der Waals surface area contributed by atoms with Gasteiger partial charge in [-0.05, 0) is 42.8 Å². The number of sulfonamides is 1. The van der Waals surface area contributed by atoms with Crippen molar-refractivity contribution in [1.29, 1.82) is 0 Å². The van der Waals surface area contributed by atoms with Crippen LogP contribution in [-0.4, -0.2) is 63.0 Å². The Labute approximate surface area is 219 Å². The number of rotatable bonds is 6. The van der Waals surface area contributed by atoms with Crippen LogP contribution >= 0.6 is 34.5 Å². The van der Waals surface area contributed by atoms with E-state index in [1.165, 1.54) is 29.7 Å². The molecule has 12 heteroatoms. The number of nitrogens with zero attached hydrogens (tertiary/aromatic N) is 4. The second kappa shape index (κ2) is 9.94. The largest absolute Gasteiger partial charge is 0.368 e. The minimum atomic E-state index is -3.74. The van der Waals surface area contributed by atoms with Gasteiger partial charge in [-0.15, -0.1) is 11.3 Å². The molecule has 0 spiro atoms. The lowest BCUT2D eigenvalue weighted by Crippen LogP contribution is -2.52. The number of hydrogen-bond donors (Lipinski definition) is 1. The van der Waals surface area contributed by atoms with E-state index in [9.17, 15) is 13.2 Å². The highest BCUT2D eigenvalue weighted by molar-refractivity contribution is 7.93. The Balaban J connectivity index is 0.00000304. The Kier molecular flexibility index (Phi) is 6.91. The van der Waals surface area contributed by atoms with Crippen molar-refractivity contribution in [3.05, 3.63) is 64.1 Å². The summed E-state index contributed by atoms with van der Waals surface area (Å²) in [6, 6.07) is 11.8. The van der Waals surface area contributed by atoms with E-state index in [1.807, 2.05) is 12.1 Å². The number of carbonyl (C=O) groups is 1. The molecule has 1 aromatic heterocycles. The Morgan fingerprint density at radius 1 is 1.03 bits per heavy atom. The van der Waals surface area contributed by atoms with E-state index in [0.29, 0.717) is 27.4 Å². The first kappa shape index (κ1) is 24.3. The Bertz CT molecular complexity index is 1320. The summed E-state index contributed by atoms with van der Waals surface area (Å²) in [7, 11) is -3.74. The molecule has 1 amide bonds. The fraction of sp³-hybridized carbons (Fsp3) is 0.304. The van der Waals surface area contributed by atoms with Gasteiger partial charge >= 0.3 is 0 Å². The number of carbonyl (C=O) groups excluding carboxylic acids is 1. The first-order chi connectivity index (χ1) is 16.8. The molecule has 0 saturated carbocycles. The van der Waals surface area contributed by atoms with Gasteiger partial charge in [-0.25, -0.2) is 13.4 Å². The fourth-order valence-electron chi connectivity index (χ4n) is 4.52. The molecule has 2 saturated heterocycles. The van der Waals surface area contributed by atoms with Crippen LogP contribution in [0, 0.1) is 0 Å². The van der Waals surface area contributed by atoms with Gasteiger partial charge in [0.2, 0.25) is 5.91 Å². The third-order valence-electron chi connectivity index (χ3n) is 6.32. The van der Waals surface area contributed by atoms with Crippen molar-refractivity contribution in [2.45, 2.75) is 17.4 Å². The zero-order valence-corrected chi connectivity index (χ0v) is 21.7. The Morgan fingerprint density at radius 3 is 2.46 bits per heavy atom. The molecule has 0 bridgehead atoms. The number of aromatic nitrogens is 1. The molecular weight excluding hydrogens is 529 g/mol. The van der Waals surface area contributed by atoms with Gasteiger partial charge < -0.3 is 9.80 Å². The summed E-state index contributed by atoms with van der Waals surface area (Å²) in [5.74, 6) is 0.0377. The van der Waals surface area contributed by atoms with Gasteiger partial charge in [0.1, 0.15) is 0 Å². The molecule has 3 aromatic rings. The molecule has 3 heterocycles. The molecule has 2 fully saturated rings. The van der Waals surface area contributed by atoms with E-state index in [1.54, 1.807) is 28.5 Å². The molecule has 5 rings (SSSR count). The number of anilines is 3. The molecule has 2 aromatic carbocycles. The lowest BCUT2D eigenvalue weighted by molar-refractivity contribution is -0.121. The van der Waals surface area contributed by atoms with Crippen molar-refractivity contribution < 1.29 is 14.6 Å². The predicted octanol–water partition coefficient (Wildman–Crippen LogP) is 4.42.